The largest absolute Gasteiger partial charge is 0.380 e. The minimum Gasteiger partial charge on any atom is -0.380 e. The third kappa shape index (κ3) is 3.30. The summed E-state index contributed by atoms with van der Waals surface area (Å²) in [6, 6.07) is 0. The average molecular weight is 192 g/mol. The van der Waals surface area contributed by atoms with Crippen molar-refractivity contribution in [2.75, 3.05) is 26.7 Å². The summed E-state index contributed by atoms with van der Waals surface area (Å²) in [5, 5.41) is 0.402. The second kappa shape index (κ2) is 5.05. The molecule has 1 atom stereocenters. The average Bonchev–Trinajstić information content (AvgIpc) is 2.09. The first-order valence-corrected chi connectivity index (χ1v) is 5.05. The fourth-order valence-electron chi connectivity index (χ4n) is 1.52. The molecule has 12 heavy (non-hydrogen) atoms. The van der Waals surface area contributed by atoms with Gasteiger partial charge in [-0.15, -0.1) is 11.6 Å². The summed E-state index contributed by atoms with van der Waals surface area (Å²) < 4.78 is 5.21. The maximum absolute atomic E-state index is 5.99. The Morgan fingerprint density at radius 1 is 1.50 bits per heavy atom. The molecule has 0 radical (unpaired) electrons. The lowest BCUT2D eigenvalue weighted by molar-refractivity contribution is 0.0704. The van der Waals surface area contributed by atoms with Crippen molar-refractivity contribution in [3.05, 3.63) is 0 Å². The Morgan fingerprint density at radius 3 is 2.58 bits per heavy atom. The summed E-state index contributed by atoms with van der Waals surface area (Å²) in [7, 11) is 1.76. The molecule has 3 heteroatoms. The second-order valence-electron chi connectivity index (χ2n) is 3.52. The number of likely N-dealkylation sites (tertiary alicyclic amines) is 1. The molecule has 1 heterocycles. The van der Waals surface area contributed by atoms with Gasteiger partial charge in [0, 0.05) is 19.0 Å². The van der Waals surface area contributed by atoms with E-state index in [4.69, 9.17) is 16.3 Å². The van der Waals surface area contributed by atoms with Crippen LogP contribution in [-0.4, -0.2) is 43.1 Å². The van der Waals surface area contributed by atoms with E-state index in [1.165, 1.54) is 0 Å². The molecule has 0 spiro atoms. The molecule has 0 aromatic heterocycles. The molecule has 1 aliphatic rings. The van der Waals surface area contributed by atoms with E-state index in [2.05, 4.69) is 11.8 Å². The lowest BCUT2D eigenvalue weighted by atomic mass is 10.1. The number of hydrogen-bond acceptors (Lipinski definition) is 2. The van der Waals surface area contributed by atoms with Crippen molar-refractivity contribution in [3.63, 3.8) is 0 Å². The summed E-state index contributed by atoms with van der Waals surface area (Å²) in [4.78, 5) is 2.42. The highest BCUT2D eigenvalue weighted by molar-refractivity contribution is 6.20. The summed E-state index contributed by atoms with van der Waals surface area (Å²) in [6.45, 7) is 5.40. The number of methoxy groups -OCH3 is 1. The number of nitrogens with zero attached hydrogens (tertiary/aromatic N) is 1. The molecular formula is C9H18ClNO. The molecule has 1 unspecified atom stereocenters. The van der Waals surface area contributed by atoms with Gasteiger partial charge < -0.3 is 9.64 Å². The summed E-state index contributed by atoms with van der Waals surface area (Å²) in [6.07, 6.45) is 2.59. The highest BCUT2D eigenvalue weighted by Crippen LogP contribution is 2.15. The van der Waals surface area contributed by atoms with Gasteiger partial charge in [0.15, 0.2) is 0 Å². The van der Waals surface area contributed by atoms with Gasteiger partial charge in [-0.3, -0.25) is 0 Å². The molecule has 0 saturated carbocycles. The topological polar surface area (TPSA) is 12.5 Å². The molecule has 1 saturated heterocycles. The van der Waals surface area contributed by atoms with Crippen molar-refractivity contribution in [1.29, 1.82) is 0 Å². The number of rotatable bonds is 3. The van der Waals surface area contributed by atoms with Gasteiger partial charge in [-0.05, 0) is 32.9 Å². The van der Waals surface area contributed by atoms with Gasteiger partial charge in [0.1, 0.15) is 0 Å². The van der Waals surface area contributed by atoms with Crippen LogP contribution in [0.3, 0.4) is 0 Å². The predicted octanol–water partition coefficient (Wildman–Crippen LogP) is 1.72. The van der Waals surface area contributed by atoms with Gasteiger partial charge in [-0.25, -0.2) is 0 Å². The zero-order valence-electron chi connectivity index (χ0n) is 7.92. The quantitative estimate of drug-likeness (QED) is 0.630. The van der Waals surface area contributed by atoms with Crippen LogP contribution in [0.25, 0.3) is 0 Å². The Kier molecular flexibility index (Phi) is 4.33. The normalized spacial score (nSPS) is 24.2. The molecule has 0 bridgehead atoms. The first kappa shape index (κ1) is 10.3. The molecule has 1 rings (SSSR count). The molecule has 1 aliphatic heterocycles. The van der Waals surface area contributed by atoms with Gasteiger partial charge in [-0.1, -0.05) is 0 Å². The fourth-order valence-corrected chi connectivity index (χ4v) is 1.72. The number of ether oxygens (including phenoxy) is 1. The standard InChI is InChI=1S/C9H18ClNO/c1-8(12-2)7-11-5-3-9(10)4-6-11/h8-9H,3-7H2,1-2H3. The Morgan fingerprint density at radius 2 is 2.08 bits per heavy atom. The van der Waals surface area contributed by atoms with E-state index in [9.17, 15) is 0 Å². The smallest absolute Gasteiger partial charge is 0.0670 e. The Balaban J connectivity index is 2.17. The van der Waals surface area contributed by atoms with Crippen LogP contribution in [0.4, 0.5) is 0 Å². The Labute approximate surface area is 79.8 Å². The maximum Gasteiger partial charge on any atom is 0.0670 e. The molecular weight excluding hydrogens is 174 g/mol. The van der Waals surface area contributed by atoms with Gasteiger partial charge in [0.25, 0.3) is 0 Å². The lowest BCUT2D eigenvalue weighted by Crippen LogP contribution is -2.38. The summed E-state index contributed by atoms with van der Waals surface area (Å²) in [5.74, 6) is 0. The van der Waals surface area contributed by atoms with E-state index in [1.54, 1.807) is 7.11 Å². The van der Waals surface area contributed by atoms with Crippen LogP contribution in [0.15, 0.2) is 0 Å². The molecule has 1 fully saturated rings. The van der Waals surface area contributed by atoms with E-state index < -0.39 is 0 Å². The van der Waals surface area contributed by atoms with E-state index in [-0.39, 0.29) is 0 Å². The van der Waals surface area contributed by atoms with Gasteiger partial charge in [0.05, 0.1) is 6.10 Å². The van der Waals surface area contributed by atoms with Crippen LogP contribution in [0.2, 0.25) is 0 Å². The maximum atomic E-state index is 5.99. The molecule has 0 N–H and O–H groups in total. The van der Waals surface area contributed by atoms with Crippen LogP contribution in [0, 0.1) is 0 Å². The van der Waals surface area contributed by atoms with Gasteiger partial charge >= 0.3 is 0 Å². The molecule has 72 valence electrons. The monoisotopic (exact) mass is 191 g/mol. The lowest BCUT2D eigenvalue weighted by Gasteiger charge is -2.30. The van der Waals surface area contributed by atoms with E-state index in [0.717, 1.165) is 32.5 Å². The van der Waals surface area contributed by atoms with E-state index in [0.29, 0.717) is 11.5 Å². The van der Waals surface area contributed by atoms with Crippen LogP contribution in [0.1, 0.15) is 19.8 Å². The van der Waals surface area contributed by atoms with Crippen LogP contribution < -0.4 is 0 Å². The van der Waals surface area contributed by atoms with Gasteiger partial charge in [-0.2, -0.15) is 0 Å². The summed E-state index contributed by atoms with van der Waals surface area (Å²) in [5.41, 5.74) is 0. The van der Waals surface area contributed by atoms with E-state index in [1.807, 2.05) is 0 Å². The van der Waals surface area contributed by atoms with Crippen LogP contribution in [-0.2, 0) is 4.74 Å². The first-order valence-electron chi connectivity index (χ1n) is 4.61. The number of halogens is 1. The van der Waals surface area contributed by atoms with Crippen molar-refractivity contribution in [1.82, 2.24) is 4.90 Å². The fraction of sp³-hybridized carbons (Fsp3) is 1.00. The number of hydrogen-bond donors (Lipinski definition) is 0. The third-order valence-corrected chi connectivity index (χ3v) is 2.87. The number of piperidine rings is 1. The molecule has 2 nitrogen and oxygen atoms in total. The van der Waals surface area contributed by atoms with Crippen LogP contribution in [0.5, 0.6) is 0 Å². The highest BCUT2D eigenvalue weighted by Gasteiger charge is 2.18. The van der Waals surface area contributed by atoms with Crippen molar-refractivity contribution in [2.45, 2.75) is 31.2 Å². The minimum atomic E-state index is 0.344. The Hall–Kier alpha value is 0.210. The van der Waals surface area contributed by atoms with E-state index >= 15 is 0 Å². The summed E-state index contributed by atoms with van der Waals surface area (Å²) >= 11 is 5.99. The van der Waals surface area contributed by atoms with Crippen molar-refractivity contribution in [3.8, 4) is 0 Å². The second-order valence-corrected chi connectivity index (χ2v) is 4.14. The number of alkyl halides is 1. The first-order chi connectivity index (χ1) is 5.72. The molecule has 0 amide bonds. The third-order valence-electron chi connectivity index (χ3n) is 2.43. The van der Waals surface area contributed by atoms with Crippen molar-refractivity contribution >= 4 is 11.6 Å². The Bertz CT molecular complexity index is 124. The minimum absolute atomic E-state index is 0.344. The van der Waals surface area contributed by atoms with Gasteiger partial charge in [0.2, 0.25) is 0 Å². The molecule has 0 aromatic carbocycles. The zero-order chi connectivity index (χ0) is 8.97. The SMILES string of the molecule is COC(C)CN1CCC(Cl)CC1. The molecule has 0 aromatic rings. The predicted molar refractivity (Wildman–Crippen MR) is 51.8 cm³/mol. The highest BCUT2D eigenvalue weighted by atomic mass is 35.5. The zero-order valence-corrected chi connectivity index (χ0v) is 8.68. The van der Waals surface area contributed by atoms with Crippen LogP contribution >= 0.6 is 11.6 Å². The molecule has 0 aliphatic carbocycles. The van der Waals surface area contributed by atoms with Crippen molar-refractivity contribution in [2.24, 2.45) is 0 Å². The van der Waals surface area contributed by atoms with Crippen molar-refractivity contribution < 1.29 is 4.74 Å².